The highest BCUT2D eigenvalue weighted by Crippen LogP contribution is 2.37. The van der Waals surface area contributed by atoms with Crippen LogP contribution in [-0.2, 0) is 9.59 Å². The van der Waals surface area contributed by atoms with Gasteiger partial charge in [0.2, 0.25) is 0 Å². The molecule has 1 N–H and O–H groups in total. The minimum Gasteiger partial charge on any atom is -0.495 e. The number of fused-ring (bicyclic) bond motifs is 1. The summed E-state index contributed by atoms with van der Waals surface area (Å²) >= 11 is 12.3. The smallest absolute Gasteiger partial charge is 0.343 e. The third-order valence-corrected chi connectivity index (χ3v) is 6.34. The molecule has 1 aliphatic rings. The maximum absolute atomic E-state index is 13.1. The minimum absolute atomic E-state index is 0.111. The summed E-state index contributed by atoms with van der Waals surface area (Å²) in [6.45, 7) is 0. The van der Waals surface area contributed by atoms with E-state index in [1.54, 1.807) is 42.5 Å². The van der Waals surface area contributed by atoms with E-state index in [9.17, 15) is 14.4 Å². The summed E-state index contributed by atoms with van der Waals surface area (Å²) in [5.41, 5.74) is 0.805. The lowest BCUT2D eigenvalue weighted by molar-refractivity contribution is -0.120. The number of ether oxygens (including phenoxy) is 2. The molecule has 4 aromatic carbocycles. The predicted octanol–water partition coefficient (Wildman–Crippen LogP) is 6.16. The lowest BCUT2D eigenvalue weighted by Crippen LogP contribution is -2.32. The average Bonchev–Trinajstić information content (AvgIpc) is 3.12. The fourth-order valence-electron chi connectivity index (χ4n) is 3.95. The number of halogens is 2. The van der Waals surface area contributed by atoms with E-state index >= 15 is 0 Å². The number of hydrogen-bond donors (Lipinski definition) is 1. The third-order valence-electron chi connectivity index (χ3n) is 5.75. The van der Waals surface area contributed by atoms with Gasteiger partial charge < -0.3 is 14.8 Å². The summed E-state index contributed by atoms with van der Waals surface area (Å²) in [5, 5.41) is 4.69. The molecule has 0 saturated heterocycles. The second-order valence-corrected chi connectivity index (χ2v) is 8.83. The first-order valence-corrected chi connectivity index (χ1v) is 11.8. The molecular formula is C28H18Cl2N2O5. The fourth-order valence-corrected chi connectivity index (χ4v) is 4.32. The van der Waals surface area contributed by atoms with Gasteiger partial charge in [-0.05, 0) is 53.9 Å². The van der Waals surface area contributed by atoms with E-state index in [1.807, 2.05) is 36.4 Å². The first-order chi connectivity index (χ1) is 17.9. The molecule has 0 unspecified atom stereocenters. The number of amides is 2. The van der Waals surface area contributed by atoms with E-state index < -0.39 is 17.8 Å². The molecular weight excluding hydrogens is 515 g/mol. The number of carbonyl (C=O) groups excluding carboxylic acids is 3. The van der Waals surface area contributed by atoms with Crippen molar-refractivity contribution in [2.45, 2.75) is 0 Å². The molecule has 4 aromatic rings. The van der Waals surface area contributed by atoms with Gasteiger partial charge in [-0.2, -0.15) is 0 Å². The Bertz CT molecular complexity index is 1590. The number of benzene rings is 4. The summed E-state index contributed by atoms with van der Waals surface area (Å²) in [7, 11) is 1.42. The zero-order valence-corrected chi connectivity index (χ0v) is 20.8. The maximum atomic E-state index is 13.1. The van der Waals surface area contributed by atoms with Crippen molar-refractivity contribution >= 4 is 63.1 Å². The number of carbonyl (C=O) groups is 3. The van der Waals surface area contributed by atoms with E-state index in [0.29, 0.717) is 22.0 Å². The van der Waals surface area contributed by atoms with Crippen molar-refractivity contribution in [2.24, 2.45) is 0 Å². The van der Waals surface area contributed by atoms with Crippen molar-refractivity contribution in [3.05, 3.63) is 106 Å². The number of imide groups is 1. The van der Waals surface area contributed by atoms with Crippen molar-refractivity contribution in [3.8, 4) is 11.5 Å². The van der Waals surface area contributed by atoms with Gasteiger partial charge in [0.25, 0.3) is 11.8 Å². The Morgan fingerprint density at radius 2 is 1.57 bits per heavy atom. The molecule has 1 aliphatic heterocycles. The largest absolute Gasteiger partial charge is 0.495 e. The van der Waals surface area contributed by atoms with Crippen LogP contribution in [0.4, 0.5) is 11.4 Å². The van der Waals surface area contributed by atoms with Crippen LogP contribution in [0, 0.1) is 0 Å². The number of hydrogen-bond acceptors (Lipinski definition) is 6. The van der Waals surface area contributed by atoms with Crippen LogP contribution in [0.2, 0.25) is 5.02 Å². The van der Waals surface area contributed by atoms with Gasteiger partial charge in [0, 0.05) is 16.1 Å². The Labute approximate surface area is 221 Å². The van der Waals surface area contributed by atoms with Crippen LogP contribution >= 0.6 is 23.2 Å². The lowest BCUT2D eigenvalue weighted by atomic mass is 10.1. The van der Waals surface area contributed by atoms with E-state index in [4.69, 9.17) is 32.7 Å². The van der Waals surface area contributed by atoms with Gasteiger partial charge in [-0.3, -0.25) is 9.59 Å². The Balaban J connectivity index is 1.34. The Hall–Kier alpha value is -4.33. The van der Waals surface area contributed by atoms with Crippen molar-refractivity contribution in [1.82, 2.24) is 0 Å². The third kappa shape index (κ3) is 4.62. The summed E-state index contributed by atoms with van der Waals surface area (Å²) < 4.78 is 10.9. The topological polar surface area (TPSA) is 84.9 Å². The molecule has 0 atom stereocenters. The Kier molecular flexibility index (Phi) is 6.56. The monoisotopic (exact) mass is 532 g/mol. The van der Waals surface area contributed by atoms with Crippen molar-refractivity contribution in [3.63, 3.8) is 0 Å². The second-order valence-electron chi connectivity index (χ2n) is 8.02. The summed E-state index contributed by atoms with van der Waals surface area (Å²) in [4.78, 5) is 39.6. The molecule has 9 heteroatoms. The highest BCUT2D eigenvalue weighted by Gasteiger charge is 2.40. The highest BCUT2D eigenvalue weighted by molar-refractivity contribution is 6.53. The maximum Gasteiger partial charge on any atom is 0.343 e. The van der Waals surface area contributed by atoms with Crippen LogP contribution in [0.25, 0.3) is 10.8 Å². The quantitative estimate of drug-likeness (QED) is 0.182. The number of nitrogens with zero attached hydrogens (tertiary/aromatic N) is 1. The minimum atomic E-state index is -0.718. The number of rotatable bonds is 6. The van der Waals surface area contributed by atoms with Gasteiger partial charge in [0.05, 0.1) is 18.4 Å². The molecule has 0 aliphatic carbocycles. The molecule has 37 heavy (non-hydrogen) atoms. The van der Waals surface area contributed by atoms with Gasteiger partial charge in [-0.25, -0.2) is 9.69 Å². The summed E-state index contributed by atoms with van der Waals surface area (Å²) in [6.07, 6.45) is 0. The zero-order chi connectivity index (χ0) is 26.1. The van der Waals surface area contributed by atoms with Gasteiger partial charge >= 0.3 is 5.97 Å². The average molecular weight is 533 g/mol. The second kappa shape index (κ2) is 9.97. The van der Waals surface area contributed by atoms with Gasteiger partial charge in [0.15, 0.2) is 0 Å². The predicted molar refractivity (Wildman–Crippen MR) is 142 cm³/mol. The van der Waals surface area contributed by atoms with Gasteiger partial charge in [0.1, 0.15) is 22.2 Å². The SMILES string of the molecule is COc1ccc(Cl)cc1N1C(=O)C(Cl)=C(Nc2ccc(C(=O)Oc3cccc4ccccc34)cc2)C1=O. The molecule has 5 rings (SSSR count). The van der Waals surface area contributed by atoms with E-state index in [0.717, 1.165) is 15.7 Å². The van der Waals surface area contributed by atoms with E-state index in [-0.39, 0.29) is 22.2 Å². The number of esters is 1. The van der Waals surface area contributed by atoms with Gasteiger partial charge in [-0.15, -0.1) is 0 Å². The molecule has 184 valence electrons. The summed E-state index contributed by atoms with van der Waals surface area (Å²) in [5.74, 6) is -1.19. The molecule has 0 bridgehead atoms. The number of methoxy groups -OCH3 is 1. The van der Waals surface area contributed by atoms with Gasteiger partial charge in [-0.1, -0.05) is 59.6 Å². The number of anilines is 2. The molecule has 0 radical (unpaired) electrons. The highest BCUT2D eigenvalue weighted by atomic mass is 35.5. The summed E-state index contributed by atoms with van der Waals surface area (Å²) in [6, 6.07) is 23.9. The molecule has 0 fully saturated rings. The van der Waals surface area contributed by atoms with Crippen LogP contribution < -0.4 is 19.7 Å². The first kappa shape index (κ1) is 24.4. The van der Waals surface area contributed by atoms with E-state index in [1.165, 1.54) is 13.2 Å². The lowest BCUT2D eigenvalue weighted by Gasteiger charge is -2.18. The van der Waals surface area contributed by atoms with Crippen LogP contribution in [-0.4, -0.2) is 24.9 Å². The molecule has 0 saturated carbocycles. The van der Waals surface area contributed by atoms with Crippen LogP contribution in [0.1, 0.15) is 10.4 Å². The van der Waals surface area contributed by atoms with E-state index in [2.05, 4.69) is 5.32 Å². The van der Waals surface area contributed by atoms with Crippen LogP contribution in [0.15, 0.2) is 95.7 Å². The van der Waals surface area contributed by atoms with Crippen LogP contribution in [0.3, 0.4) is 0 Å². The molecule has 0 spiro atoms. The standard InChI is InChI=1S/C28H18Cl2N2O5/c1-36-23-14-11-18(29)15-21(23)32-26(33)24(30)25(27(32)34)31-19-12-9-17(10-13-19)28(35)37-22-8-4-6-16-5-2-3-7-20(16)22/h2-15,31H,1H3. The Morgan fingerprint density at radius 1 is 0.838 bits per heavy atom. The first-order valence-electron chi connectivity index (χ1n) is 11.1. The normalized spacial score (nSPS) is 13.3. The number of nitrogens with one attached hydrogen (secondary N) is 1. The van der Waals surface area contributed by atoms with Crippen molar-refractivity contribution in [2.75, 3.05) is 17.3 Å². The van der Waals surface area contributed by atoms with Crippen molar-refractivity contribution in [1.29, 1.82) is 0 Å². The molecule has 2 amide bonds. The molecule has 0 aromatic heterocycles. The Morgan fingerprint density at radius 3 is 2.32 bits per heavy atom. The van der Waals surface area contributed by atoms with Crippen LogP contribution in [0.5, 0.6) is 11.5 Å². The molecule has 1 heterocycles. The zero-order valence-electron chi connectivity index (χ0n) is 19.3. The molecule has 7 nitrogen and oxygen atoms in total. The fraction of sp³-hybridized carbons (Fsp3) is 0.0357. The van der Waals surface area contributed by atoms with Crippen molar-refractivity contribution < 1.29 is 23.9 Å².